The van der Waals surface area contributed by atoms with E-state index in [1.807, 2.05) is 18.2 Å². The van der Waals surface area contributed by atoms with Crippen molar-refractivity contribution in [3.05, 3.63) is 52.1 Å². The number of pyridine rings is 1. The summed E-state index contributed by atoms with van der Waals surface area (Å²) >= 11 is 3.44. The minimum Gasteiger partial charge on any atom is -0.473 e. The highest BCUT2D eigenvalue weighted by Crippen LogP contribution is 2.26. The van der Waals surface area contributed by atoms with Gasteiger partial charge in [-0.15, -0.1) is 0 Å². The Balaban J connectivity index is 2.15. The molecule has 0 spiro atoms. The highest BCUT2D eigenvalue weighted by atomic mass is 79.9. The smallest absolute Gasteiger partial charge is 0.280 e. The third kappa shape index (κ3) is 3.45. The molecule has 0 saturated heterocycles. The molecule has 6 heteroatoms. The Morgan fingerprint density at radius 3 is 2.70 bits per heavy atom. The third-order valence-electron chi connectivity index (χ3n) is 2.72. The molecule has 1 heterocycles. The average molecular weight is 343 g/mol. The molecule has 0 fully saturated rings. The van der Waals surface area contributed by atoms with E-state index in [1.54, 1.807) is 13.1 Å². The molecule has 0 bridgehead atoms. The molecule has 2 rings (SSSR count). The van der Waals surface area contributed by atoms with Crippen molar-refractivity contribution < 1.29 is 13.5 Å². The molecule has 0 unspecified atom stereocenters. The Morgan fingerprint density at radius 2 is 2.00 bits per heavy atom. The molecule has 1 N–H and O–H groups in total. The van der Waals surface area contributed by atoms with Crippen LogP contribution in [-0.4, -0.2) is 12.0 Å². The van der Waals surface area contributed by atoms with E-state index in [2.05, 4.69) is 26.2 Å². The Bertz CT molecular complexity index is 593. The van der Waals surface area contributed by atoms with Crippen LogP contribution in [0.4, 0.5) is 14.5 Å². The Kier molecular flexibility index (Phi) is 4.89. The number of rotatable bonds is 5. The van der Waals surface area contributed by atoms with Crippen LogP contribution < -0.4 is 10.1 Å². The molecule has 20 heavy (non-hydrogen) atoms. The van der Waals surface area contributed by atoms with Gasteiger partial charge in [-0.25, -0.2) is 13.8 Å². The van der Waals surface area contributed by atoms with Crippen LogP contribution in [-0.2, 0) is 6.61 Å². The highest BCUT2D eigenvalue weighted by Gasteiger charge is 2.11. The molecule has 0 amide bonds. The van der Waals surface area contributed by atoms with Crippen molar-refractivity contribution in [2.75, 3.05) is 12.4 Å². The first-order valence-corrected chi connectivity index (χ1v) is 6.74. The summed E-state index contributed by atoms with van der Waals surface area (Å²) in [4.78, 5) is 3.76. The van der Waals surface area contributed by atoms with E-state index < -0.39 is 6.43 Å². The van der Waals surface area contributed by atoms with Gasteiger partial charge in [0.15, 0.2) is 0 Å². The van der Waals surface area contributed by atoms with E-state index >= 15 is 0 Å². The molecule has 0 aliphatic heterocycles. The van der Waals surface area contributed by atoms with Crippen LogP contribution in [0, 0.1) is 0 Å². The molecular weight excluding hydrogens is 330 g/mol. The van der Waals surface area contributed by atoms with Gasteiger partial charge in [0.05, 0.1) is 0 Å². The van der Waals surface area contributed by atoms with Gasteiger partial charge in [-0.05, 0) is 18.2 Å². The molecule has 0 aliphatic carbocycles. The van der Waals surface area contributed by atoms with Crippen molar-refractivity contribution in [3.8, 4) is 5.88 Å². The van der Waals surface area contributed by atoms with Crippen LogP contribution in [0.15, 0.2) is 40.9 Å². The number of hydrogen-bond acceptors (Lipinski definition) is 3. The Hall–Kier alpha value is -1.69. The minimum atomic E-state index is -2.60. The van der Waals surface area contributed by atoms with Crippen LogP contribution in [0.1, 0.15) is 17.7 Å². The summed E-state index contributed by atoms with van der Waals surface area (Å²) in [7, 11) is 1.81. The zero-order valence-electron chi connectivity index (χ0n) is 10.7. The minimum absolute atomic E-state index is 0.181. The Morgan fingerprint density at radius 1 is 1.25 bits per heavy atom. The first-order chi connectivity index (χ1) is 9.61. The molecule has 106 valence electrons. The second-order valence-electron chi connectivity index (χ2n) is 4.01. The number of nitrogens with one attached hydrogen (secondary N) is 1. The summed E-state index contributed by atoms with van der Waals surface area (Å²) in [6.07, 6.45) is -2.60. The lowest BCUT2D eigenvalue weighted by atomic mass is 10.2. The molecule has 1 aromatic heterocycles. The standard InChI is InChI=1S/C14H13BrF2N2O/c1-18-11-5-2-4-10(15)9(11)8-20-13-7-3-6-12(19-13)14(16)17/h2-7,14,18H,8H2,1H3. The molecule has 3 nitrogen and oxygen atoms in total. The van der Waals surface area contributed by atoms with Crippen molar-refractivity contribution in [3.63, 3.8) is 0 Å². The molecule has 1 aromatic carbocycles. The maximum absolute atomic E-state index is 12.6. The predicted octanol–water partition coefficient (Wildman–Crippen LogP) is 4.40. The van der Waals surface area contributed by atoms with Gasteiger partial charge in [0.1, 0.15) is 12.3 Å². The number of anilines is 1. The number of halogens is 3. The van der Waals surface area contributed by atoms with Gasteiger partial charge in [0.2, 0.25) is 5.88 Å². The maximum atomic E-state index is 12.6. The second-order valence-corrected chi connectivity index (χ2v) is 4.86. The fourth-order valence-corrected chi connectivity index (χ4v) is 2.20. The lowest BCUT2D eigenvalue weighted by Crippen LogP contribution is -2.03. The second kappa shape index (κ2) is 6.65. The van der Waals surface area contributed by atoms with Crippen LogP contribution in [0.25, 0.3) is 0 Å². The zero-order valence-corrected chi connectivity index (χ0v) is 12.3. The van der Waals surface area contributed by atoms with Gasteiger partial charge in [0, 0.05) is 28.8 Å². The molecule has 0 saturated carbocycles. The average Bonchev–Trinajstić information content (AvgIpc) is 2.46. The van der Waals surface area contributed by atoms with Crippen LogP contribution in [0.3, 0.4) is 0 Å². The van der Waals surface area contributed by atoms with E-state index in [4.69, 9.17) is 4.74 Å². The van der Waals surface area contributed by atoms with Gasteiger partial charge in [-0.3, -0.25) is 0 Å². The normalized spacial score (nSPS) is 10.7. The summed E-state index contributed by atoms with van der Waals surface area (Å²) in [6.45, 7) is 0.233. The summed E-state index contributed by atoms with van der Waals surface area (Å²) in [6, 6.07) is 10.0. The predicted molar refractivity (Wildman–Crippen MR) is 77.2 cm³/mol. The van der Waals surface area contributed by atoms with E-state index in [1.165, 1.54) is 12.1 Å². The Labute approximate surface area is 124 Å². The number of nitrogens with zero attached hydrogens (tertiary/aromatic N) is 1. The lowest BCUT2D eigenvalue weighted by molar-refractivity contribution is 0.144. The number of ether oxygens (including phenoxy) is 1. The lowest BCUT2D eigenvalue weighted by Gasteiger charge is -2.12. The summed E-state index contributed by atoms with van der Waals surface area (Å²) < 4.78 is 31.5. The van der Waals surface area contributed by atoms with Crippen molar-refractivity contribution in [2.45, 2.75) is 13.0 Å². The quantitative estimate of drug-likeness (QED) is 0.874. The molecule has 0 atom stereocenters. The maximum Gasteiger partial charge on any atom is 0.280 e. The largest absolute Gasteiger partial charge is 0.473 e. The van der Waals surface area contributed by atoms with Crippen molar-refractivity contribution >= 4 is 21.6 Å². The van der Waals surface area contributed by atoms with Crippen LogP contribution >= 0.6 is 15.9 Å². The molecule has 0 aliphatic rings. The highest BCUT2D eigenvalue weighted by molar-refractivity contribution is 9.10. The number of alkyl halides is 2. The van der Waals surface area contributed by atoms with Crippen LogP contribution in [0.2, 0.25) is 0 Å². The van der Waals surface area contributed by atoms with E-state index in [0.717, 1.165) is 15.7 Å². The topological polar surface area (TPSA) is 34.1 Å². The molecule has 2 aromatic rings. The molecular formula is C14H13BrF2N2O. The van der Waals surface area contributed by atoms with Gasteiger partial charge < -0.3 is 10.1 Å². The number of aromatic nitrogens is 1. The van der Waals surface area contributed by atoms with Crippen molar-refractivity contribution in [1.29, 1.82) is 0 Å². The van der Waals surface area contributed by atoms with E-state index in [-0.39, 0.29) is 18.2 Å². The third-order valence-corrected chi connectivity index (χ3v) is 3.46. The fourth-order valence-electron chi connectivity index (χ4n) is 1.72. The van der Waals surface area contributed by atoms with E-state index in [0.29, 0.717) is 0 Å². The van der Waals surface area contributed by atoms with Gasteiger partial charge in [-0.2, -0.15) is 0 Å². The van der Waals surface area contributed by atoms with Gasteiger partial charge >= 0.3 is 0 Å². The first-order valence-electron chi connectivity index (χ1n) is 5.95. The SMILES string of the molecule is CNc1cccc(Br)c1COc1cccc(C(F)F)n1. The summed E-state index contributed by atoms with van der Waals surface area (Å²) in [5.41, 5.74) is 1.52. The van der Waals surface area contributed by atoms with Crippen molar-refractivity contribution in [2.24, 2.45) is 0 Å². The number of benzene rings is 1. The zero-order chi connectivity index (χ0) is 14.5. The first kappa shape index (κ1) is 14.7. The molecule has 0 radical (unpaired) electrons. The van der Waals surface area contributed by atoms with Gasteiger partial charge in [0.25, 0.3) is 6.43 Å². The van der Waals surface area contributed by atoms with Crippen molar-refractivity contribution in [1.82, 2.24) is 4.98 Å². The summed E-state index contributed by atoms with van der Waals surface area (Å²) in [5, 5.41) is 3.05. The fraction of sp³-hybridized carbons (Fsp3) is 0.214. The monoisotopic (exact) mass is 342 g/mol. The van der Waals surface area contributed by atoms with Crippen LogP contribution in [0.5, 0.6) is 5.88 Å². The number of hydrogen-bond donors (Lipinski definition) is 1. The van der Waals surface area contributed by atoms with Gasteiger partial charge in [-0.1, -0.05) is 28.1 Å². The van der Waals surface area contributed by atoms with E-state index in [9.17, 15) is 8.78 Å². The summed E-state index contributed by atoms with van der Waals surface area (Å²) in [5.74, 6) is 0.181.